The zero-order chi connectivity index (χ0) is 24.6. The number of hydrogen-bond donors (Lipinski definition) is 0. The van der Waals surface area contributed by atoms with Crippen LogP contribution in [0.2, 0.25) is 0 Å². The summed E-state index contributed by atoms with van der Waals surface area (Å²) in [6, 6.07) is 20.2. The molecule has 5 rings (SSSR count). The average molecular weight is 480 g/mol. The van der Waals surface area contributed by atoms with Crippen molar-refractivity contribution in [3.05, 3.63) is 83.4 Å². The Morgan fingerprint density at radius 2 is 1.77 bits per heavy atom. The van der Waals surface area contributed by atoms with E-state index in [1.165, 1.54) is 6.07 Å². The first-order valence-corrected chi connectivity index (χ1v) is 11.8. The Labute approximate surface area is 202 Å². The van der Waals surface area contributed by atoms with E-state index in [2.05, 4.69) is 10.00 Å². The molecular formula is C28H28F3N3O. The molecule has 1 fully saturated rings. The number of halogens is 3. The number of methoxy groups -OCH3 is 1. The van der Waals surface area contributed by atoms with Crippen LogP contribution in [0.25, 0.3) is 22.2 Å². The number of hydrogen-bond acceptors (Lipinski definition) is 3. The number of fused-ring (bicyclic) bond motifs is 1. The molecule has 4 nitrogen and oxygen atoms in total. The molecule has 1 saturated heterocycles. The molecule has 1 aromatic heterocycles. The van der Waals surface area contributed by atoms with Gasteiger partial charge in [0.2, 0.25) is 0 Å². The summed E-state index contributed by atoms with van der Waals surface area (Å²) in [5.41, 5.74) is 3.97. The number of nitrogens with zero attached hydrogens (tertiary/aromatic N) is 3. The van der Waals surface area contributed by atoms with Gasteiger partial charge in [-0.1, -0.05) is 48.5 Å². The highest BCUT2D eigenvalue weighted by Gasteiger charge is 2.34. The van der Waals surface area contributed by atoms with E-state index >= 15 is 0 Å². The molecule has 4 aromatic rings. The summed E-state index contributed by atoms with van der Waals surface area (Å²) < 4.78 is 48.7. The second-order valence-electron chi connectivity index (χ2n) is 9.13. The van der Waals surface area contributed by atoms with Crippen molar-refractivity contribution in [3.63, 3.8) is 0 Å². The van der Waals surface area contributed by atoms with Crippen LogP contribution in [0.1, 0.15) is 29.5 Å². The molecule has 2 heterocycles. The van der Waals surface area contributed by atoms with Crippen LogP contribution in [0.3, 0.4) is 0 Å². The molecule has 35 heavy (non-hydrogen) atoms. The van der Waals surface area contributed by atoms with Gasteiger partial charge < -0.3 is 9.64 Å². The molecule has 0 radical (unpaired) electrons. The minimum atomic E-state index is -4.48. The van der Waals surface area contributed by atoms with Crippen molar-refractivity contribution >= 4 is 16.6 Å². The van der Waals surface area contributed by atoms with Gasteiger partial charge in [-0.3, -0.25) is 4.68 Å². The van der Waals surface area contributed by atoms with Crippen LogP contribution in [0.15, 0.2) is 66.7 Å². The third kappa shape index (κ3) is 4.65. The van der Waals surface area contributed by atoms with Gasteiger partial charge in [-0.05, 0) is 49.1 Å². The summed E-state index contributed by atoms with van der Waals surface area (Å²) in [5.74, 6) is 0. The molecule has 7 heteroatoms. The van der Waals surface area contributed by atoms with Crippen LogP contribution in [0, 0.1) is 6.92 Å². The van der Waals surface area contributed by atoms with Gasteiger partial charge in [0.15, 0.2) is 0 Å². The topological polar surface area (TPSA) is 30.3 Å². The number of alkyl halides is 3. The summed E-state index contributed by atoms with van der Waals surface area (Å²) in [6.07, 6.45) is -2.15. The van der Waals surface area contributed by atoms with Gasteiger partial charge in [0.1, 0.15) is 5.52 Å². The molecule has 182 valence electrons. The van der Waals surface area contributed by atoms with E-state index in [0.717, 1.165) is 54.4 Å². The van der Waals surface area contributed by atoms with Crippen LogP contribution < -0.4 is 4.90 Å². The maximum absolute atomic E-state index is 13.8. The van der Waals surface area contributed by atoms with Crippen molar-refractivity contribution in [1.82, 2.24) is 9.78 Å². The lowest BCUT2D eigenvalue weighted by Gasteiger charge is -2.33. The second kappa shape index (κ2) is 9.38. The fourth-order valence-electron chi connectivity index (χ4n) is 4.94. The number of piperidine rings is 1. The molecule has 1 unspecified atom stereocenters. The summed E-state index contributed by atoms with van der Waals surface area (Å²) in [6.45, 7) is 4.18. The van der Waals surface area contributed by atoms with Gasteiger partial charge in [0, 0.05) is 36.8 Å². The highest BCUT2D eigenvalue weighted by molar-refractivity contribution is 5.95. The molecule has 0 spiro atoms. The molecule has 0 N–H and O–H groups in total. The van der Waals surface area contributed by atoms with Crippen molar-refractivity contribution < 1.29 is 17.9 Å². The number of aryl methyl sites for hydroxylation is 1. The first-order valence-electron chi connectivity index (χ1n) is 11.8. The quantitative estimate of drug-likeness (QED) is 0.319. The maximum Gasteiger partial charge on any atom is 0.418 e. The first kappa shape index (κ1) is 23.4. The van der Waals surface area contributed by atoms with Crippen LogP contribution in [0.5, 0.6) is 0 Å². The summed E-state index contributed by atoms with van der Waals surface area (Å²) in [4.78, 5) is 2.30. The lowest BCUT2D eigenvalue weighted by Crippen LogP contribution is -2.39. The monoisotopic (exact) mass is 479 g/mol. The highest BCUT2D eigenvalue weighted by atomic mass is 19.4. The Balaban J connectivity index is 1.59. The lowest BCUT2D eigenvalue weighted by atomic mass is 10.0. The van der Waals surface area contributed by atoms with E-state index in [0.29, 0.717) is 17.6 Å². The number of rotatable bonds is 5. The van der Waals surface area contributed by atoms with Crippen LogP contribution >= 0.6 is 0 Å². The van der Waals surface area contributed by atoms with Crippen molar-refractivity contribution in [2.24, 2.45) is 0 Å². The van der Waals surface area contributed by atoms with Gasteiger partial charge in [-0.15, -0.1) is 0 Å². The number of ether oxygens (including phenoxy) is 1. The largest absolute Gasteiger partial charge is 0.418 e. The third-order valence-electron chi connectivity index (χ3n) is 6.87. The molecular weight excluding hydrogens is 451 g/mol. The maximum atomic E-state index is 13.8. The number of aromatic nitrogens is 2. The van der Waals surface area contributed by atoms with Crippen molar-refractivity contribution in [2.75, 3.05) is 25.1 Å². The van der Waals surface area contributed by atoms with Crippen LogP contribution in [-0.2, 0) is 17.5 Å². The Morgan fingerprint density at radius 1 is 1.00 bits per heavy atom. The van der Waals surface area contributed by atoms with Gasteiger partial charge in [-0.25, -0.2) is 0 Å². The summed E-state index contributed by atoms with van der Waals surface area (Å²) >= 11 is 0. The van der Waals surface area contributed by atoms with E-state index in [4.69, 9.17) is 4.74 Å². The molecule has 0 aliphatic carbocycles. The molecule has 1 atom stereocenters. The zero-order valence-electron chi connectivity index (χ0n) is 19.8. The predicted octanol–water partition coefficient (Wildman–Crippen LogP) is 6.69. The van der Waals surface area contributed by atoms with Gasteiger partial charge >= 0.3 is 6.18 Å². The Bertz CT molecular complexity index is 1330. The second-order valence-corrected chi connectivity index (χ2v) is 9.13. The number of anilines is 1. The minimum Gasteiger partial charge on any atom is -0.380 e. The molecule has 1 aliphatic heterocycles. The SMILES string of the molecule is COC1CCCN(c2ccc(-c3c4cccc(C(F)(F)F)c4nn3Cc3ccccc3C)cc2)C1. The average Bonchev–Trinajstić information content (AvgIpc) is 3.23. The van der Waals surface area contributed by atoms with E-state index in [1.54, 1.807) is 17.9 Å². The van der Waals surface area contributed by atoms with Gasteiger partial charge in [0.25, 0.3) is 0 Å². The standard InChI is InChI=1S/C28H28F3N3O/c1-19-7-3-4-8-21(19)17-34-27(24-10-5-11-25(26(24)32-34)28(29,30)31)20-12-14-22(15-13-20)33-16-6-9-23(18-33)35-2/h3-5,7-8,10-15,23H,6,9,16-18H2,1-2H3. The molecule has 0 bridgehead atoms. The Kier molecular flexibility index (Phi) is 6.28. The third-order valence-corrected chi connectivity index (χ3v) is 6.87. The van der Waals surface area contributed by atoms with E-state index < -0.39 is 11.7 Å². The van der Waals surface area contributed by atoms with E-state index in [9.17, 15) is 13.2 Å². The van der Waals surface area contributed by atoms with Gasteiger partial charge in [-0.2, -0.15) is 18.3 Å². The van der Waals surface area contributed by atoms with Crippen molar-refractivity contribution in [2.45, 2.75) is 38.6 Å². The molecule has 0 amide bonds. The van der Waals surface area contributed by atoms with Crippen LogP contribution in [0.4, 0.5) is 18.9 Å². The molecule has 1 aliphatic rings. The lowest BCUT2D eigenvalue weighted by molar-refractivity contribution is -0.136. The van der Waals surface area contributed by atoms with Crippen molar-refractivity contribution in [1.29, 1.82) is 0 Å². The zero-order valence-corrected chi connectivity index (χ0v) is 19.8. The fraction of sp³-hybridized carbons (Fsp3) is 0.321. The molecule has 0 saturated carbocycles. The fourth-order valence-corrected chi connectivity index (χ4v) is 4.94. The highest BCUT2D eigenvalue weighted by Crippen LogP contribution is 2.38. The summed E-state index contributed by atoms with van der Waals surface area (Å²) in [5, 5.41) is 4.99. The Morgan fingerprint density at radius 3 is 2.49 bits per heavy atom. The van der Waals surface area contributed by atoms with E-state index in [1.807, 2.05) is 55.5 Å². The predicted molar refractivity (Wildman–Crippen MR) is 133 cm³/mol. The van der Waals surface area contributed by atoms with E-state index in [-0.39, 0.29) is 11.6 Å². The van der Waals surface area contributed by atoms with Crippen molar-refractivity contribution in [3.8, 4) is 11.3 Å². The van der Waals surface area contributed by atoms with Crippen LogP contribution in [-0.4, -0.2) is 36.1 Å². The Hall–Kier alpha value is -3.32. The van der Waals surface area contributed by atoms with Gasteiger partial charge in [0.05, 0.1) is 23.9 Å². The normalized spacial score (nSPS) is 16.7. The molecule has 3 aromatic carbocycles. The first-order chi connectivity index (χ1) is 16.8. The number of benzene rings is 3. The summed E-state index contributed by atoms with van der Waals surface area (Å²) in [7, 11) is 1.74. The smallest absolute Gasteiger partial charge is 0.380 e. The minimum absolute atomic E-state index is 0.0216.